The van der Waals surface area contributed by atoms with Crippen molar-refractivity contribution in [1.82, 2.24) is 9.62 Å². The molecule has 0 saturated carbocycles. The molecule has 0 unspecified atom stereocenters. The number of carbonyl (C=O) groups is 1. The second kappa shape index (κ2) is 8.26. The highest BCUT2D eigenvalue weighted by Gasteiger charge is 2.28. The summed E-state index contributed by atoms with van der Waals surface area (Å²) in [6.07, 6.45) is 0.766. The summed E-state index contributed by atoms with van der Waals surface area (Å²) in [5.74, 6) is -1.33. The number of likely N-dealkylation sites (tertiary alicyclic amines) is 1. The van der Waals surface area contributed by atoms with E-state index in [1.54, 1.807) is 18.2 Å². The highest BCUT2D eigenvalue weighted by atomic mass is 32.2. The van der Waals surface area contributed by atoms with Gasteiger partial charge in [-0.1, -0.05) is 18.2 Å². The fourth-order valence-electron chi connectivity index (χ4n) is 3.25. The van der Waals surface area contributed by atoms with Crippen molar-refractivity contribution in [3.8, 4) is 0 Å². The monoisotopic (exact) mass is 421 g/mol. The largest absolute Gasteiger partial charge is 0.339 e. The van der Waals surface area contributed by atoms with Gasteiger partial charge in [-0.2, -0.15) is 0 Å². The third-order valence-electron chi connectivity index (χ3n) is 4.92. The van der Waals surface area contributed by atoms with Gasteiger partial charge in [-0.15, -0.1) is 0 Å². The zero-order valence-corrected chi connectivity index (χ0v) is 16.5. The van der Waals surface area contributed by atoms with Crippen molar-refractivity contribution in [2.75, 3.05) is 13.1 Å². The molecule has 1 N–H and O–H groups in total. The molecule has 3 rings (SSSR count). The van der Waals surface area contributed by atoms with Crippen molar-refractivity contribution in [3.05, 3.63) is 69.5 Å². The molecule has 0 aliphatic carbocycles. The normalized spacial score (nSPS) is 15.3. The number of sulfonamides is 1. The van der Waals surface area contributed by atoms with Crippen LogP contribution in [-0.2, 0) is 10.0 Å². The first-order valence-electron chi connectivity index (χ1n) is 9.00. The number of rotatable bonds is 5. The topological polar surface area (TPSA) is 110 Å². The van der Waals surface area contributed by atoms with Gasteiger partial charge in [0.1, 0.15) is 5.82 Å². The molecule has 10 heteroatoms. The van der Waals surface area contributed by atoms with Crippen LogP contribution < -0.4 is 4.72 Å². The second-order valence-electron chi connectivity index (χ2n) is 6.86. The number of nitro groups is 1. The van der Waals surface area contributed by atoms with Crippen molar-refractivity contribution in [2.24, 2.45) is 0 Å². The quantitative estimate of drug-likeness (QED) is 0.590. The lowest BCUT2D eigenvalue weighted by atomic mass is 10.0. The number of nitrogens with one attached hydrogen (secondary N) is 1. The SMILES string of the molecule is Cc1c(F)cc(C(=O)N2CCC(NS(=O)(=O)c3ccccc3)CC2)cc1[N+](=O)[O-]. The number of amides is 1. The number of benzene rings is 2. The fraction of sp³-hybridized carbons (Fsp3) is 0.316. The van der Waals surface area contributed by atoms with Crippen LogP contribution in [0.3, 0.4) is 0 Å². The molecule has 0 bridgehead atoms. The van der Waals surface area contributed by atoms with Crippen molar-refractivity contribution in [2.45, 2.75) is 30.7 Å². The molecule has 1 heterocycles. The molecule has 2 aromatic carbocycles. The number of piperidine rings is 1. The summed E-state index contributed by atoms with van der Waals surface area (Å²) in [4.78, 5) is 24.6. The molecule has 8 nitrogen and oxygen atoms in total. The smallest absolute Gasteiger partial charge is 0.276 e. The first kappa shape index (κ1) is 20.9. The van der Waals surface area contributed by atoms with E-state index in [9.17, 15) is 27.7 Å². The van der Waals surface area contributed by atoms with Gasteiger partial charge in [-0.25, -0.2) is 17.5 Å². The Morgan fingerprint density at radius 2 is 1.83 bits per heavy atom. The third kappa shape index (κ3) is 4.60. The number of carbonyl (C=O) groups excluding carboxylic acids is 1. The highest BCUT2D eigenvalue weighted by molar-refractivity contribution is 7.89. The predicted molar refractivity (Wildman–Crippen MR) is 103 cm³/mol. The first-order chi connectivity index (χ1) is 13.7. The fourth-order valence-corrected chi connectivity index (χ4v) is 4.57. The van der Waals surface area contributed by atoms with Gasteiger partial charge in [-0.3, -0.25) is 14.9 Å². The first-order valence-corrected chi connectivity index (χ1v) is 10.5. The van der Waals surface area contributed by atoms with Gasteiger partial charge < -0.3 is 4.90 Å². The van der Waals surface area contributed by atoms with Crippen LogP contribution >= 0.6 is 0 Å². The van der Waals surface area contributed by atoms with Gasteiger partial charge in [0.2, 0.25) is 10.0 Å². The Balaban J connectivity index is 1.67. The minimum atomic E-state index is -3.65. The van der Waals surface area contributed by atoms with Crippen LogP contribution in [0.2, 0.25) is 0 Å². The van der Waals surface area contributed by atoms with Crippen molar-refractivity contribution < 1.29 is 22.5 Å². The lowest BCUT2D eigenvalue weighted by Gasteiger charge is -2.32. The van der Waals surface area contributed by atoms with E-state index >= 15 is 0 Å². The Labute approximate surface area is 167 Å². The number of nitro benzene ring substituents is 1. The zero-order chi connectivity index (χ0) is 21.2. The average Bonchev–Trinajstić information content (AvgIpc) is 2.70. The summed E-state index contributed by atoms with van der Waals surface area (Å²) in [6, 6.07) is 9.72. The van der Waals surface area contributed by atoms with E-state index in [1.165, 1.54) is 24.0 Å². The van der Waals surface area contributed by atoms with Crippen LogP contribution in [0.4, 0.5) is 10.1 Å². The van der Waals surface area contributed by atoms with E-state index < -0.39 is 32.4 Å². The maximum absolute atomic E-state index is 14.0. The molecule has 29 heavy (non-hydrogen) atoms. The van der Waals surface area contributed by atoms with Gasteiger partial charge in [0.15, 0.2) is 0 Å². The summed E-state index contributed by atoms with van der Waals surface area (Å²) in [6.45, 7) is 1.79. The van der Waals surface area contributed by atoms with Crippen LogP contribution in [0.1, 0.15) is 28.8 Å². The van der Waals surface area contributed by atoms with Gasteiger partial charge >= 0.3 is 0 Å². The standard InChI is InChI=1S/C19H20FN3O5S/c1-13-17(20)11-14(12-18(13)23(25)26)19(24)22-9-7-15(8-10-22)21-29(27,28)16-5-3-2-4-6-16/h2-6,11-12,15,21H,7-10H2,1H3. The molecular weight excluding hydrogens is 401 g/mol. The zero-order valence-electron chi connectivity index (χ0n) is 15.7. The van der Waals surface area contributed by atoms with E-state index in [0.717, 1.165) is 12.1 Å². The van der Waals surface area contributed by atoms with Crippen LogP contribution in [0, 0.1) is 22.9 Å². The Hall–Kier alpha value is -2.85. The van der Waals surface area contributed by atoms with E-state index in [2.05, 4.69) is 4.72 Å². The Kier molecular flexibility index (Phi) is 5.94. The van der Waals surface area contributed by atoms with Crippen LogP contribution in [-0.4, -0.2) is 43.3 Å². The summed E-state index contributed by atoms with van der Waals surface area (Å²) in [5, 5.41) is 11.1. The van der Waals surface area contributed by atoms with Gasteiger partial charge in [0.25, 0.3) is 11.6 Å². The van der Waals surface area contributed by atoms with E-state index in [0.29, 0.717) is 12.8 Å². The molecule has 1 saturated heterocycles. The predicted octanol–water partition coefficient (Wildman–Crippen LogP) is 2.63. The van der Waals surface area contributed by atoms with Crippen LogP contribution in [0.5, 0.6) is 0 Å². The van der Waals surface area contributed by atoms with Crippen LogP contribution in [0.25, 0.3) is 0 Å². The van der Waals surface area contributed by atoms with E-state index in [1.807, 2.05) is 0 Å². The van der Waals surface area contributed by atoms with Crippen molar-refractivity contribution in [1.29, 1.82) is 0 Å². The van der Waals surface area contributed by atoms with Crippen LogP contribution in [0.15, 0.2) is 47.4 Å². The van der Waals surface area contributed by atoms with E-state index in [-0.39, 0.29) is 35.2 Å². The summed E-state index contributed by atoms with van der Waals surface area (Å²) in [7, 11) is -3.65. The Bertz CT molecular complexity index is 1040. The number of halogens is 1. The van der Waals surface area contributed by atoms with E-state index in [4.69, 9.17) is 0 Å². The second-order valence-corrected chi connectivity index (χ2v) is 8.57. The summed E-state index contributed by atoms with van der Waals surface area (Å²) >= 11 is 0. The average molecular weight is 421 g/mol. The molecule has 1 amide bonds. The molecule has 2 aromatic rings. The molecule has 0 radical (unpaired) electrons. The molecule has 0 atom stereocenters. The Morgan fingerprint density at radius 3 is 2.41 bits per heavy atom. The minimum Gasteiger partial charge on any atom is -0.339 e. The molecule has 1 aliphatic heterocycles. The van der Waals surface area contributed by atoms with Gasteiger partial charge in [0, 0.05) is 30.8 Å². The number of hydrogen-bond donors (Lipinski definition) is 1. The molecule has 154 valence electrons. The maximum atomic E-state index is 14.0. The molecule has 0 spiro atoms. The van der Waals surface area contributed by atoms with Crippen molar-refractivity contribution >= 4 is 21.6 Å². The summed E-state index contributed by atoms with van der Waals surface area (Å²) < 4.78 is 41.4. The van der Waals surface area contributed by atoms with Crippen molar-refractivity contribution in [3.63, 3.8) is 0 Å². The van der Waals surface area contributed by atoms with Gasteiger partial charge in [0.05, 0.1) is 15.4 Å². The molecule has 1 aliphatic rings. The maximum Gasteiger partial charge on any atom is 0.276 e. The molecule has 0 aromatic heterocycles. The minimum absolute atomic E-state index is 0.0943. The number of nitrogens with zero attached hydrogens (tertiary/aromatic N) is 2. The Morgan fingerprint density at radius 1 is 1.21 bits per heavy atom. The third-order valence-corrected chi connectivity index (χ3v) is 6.45. The summed E-state index contributed by atoms with van der Waals surface area (Å²) in [5.41, 5.74) is -0.664. The molecule has 1 fully saturated rings. The highest BCUT2D eigenvalue weighted by Crippen LogP contribution is 2.25. The lowest BCUT2D eigenvalue weighted by molar-refractivity contribution is -0.385. The number of hydrogen-bond acceptors (Lipinski definition) is 5. The lowest BCUT2D eigenvalue weighted by Crippen LogP contribution is -2.46. The molecular formula is C19H20FN3O5S. The van der Waals surface area contributed by atoms with Gasteiger partial charge in [-0.05, 0) is 38.0 Å².